The summed E-state index contributed by atoms with van der Waals surface area (Å²) in [5.41, 5.74) is 3.27. The Balaban J connectivity index is 1.83. The van der Waals surface area contributed by atoms with E-state index in [9.17, 15) is 9.59 Å². The lowest BCUT2D eigenvalue weighted by Crippen LogP contribution is -2.26. The molecule has 6 heteroatoms. The topological polar surface area (TPSA) is 76.0 Å². The SMILES string of the molecule is Cc1ccc(C(=O)NC2CC2)cc1NC(=O)c1cc(C(C)C)n(C(C)(C)C)n1. The van der Waals surface area contributed by atoms with Crippen molar-refractivity contribution < 1.29 is 9.59 Å². The van der Waals surface area contributed by atoms with E-state index in [2.05, 4.69) is 50.4 Å². The van der Waals surface area contributed by atoms with Crippen LogP contribution in [0.3, 0.4) is 0 Å². The first-order valence-electron chi connectivity index (χ1n) is 9.89. The number of anilines is 1. The molecular weight excluding hydrogens is 352 g/mol. The van der Waals surface area contributed by atoms with Gasteiger partial charge in [-0.3, -0.25) is 14.3 Å². The Morgan fingerprint density at radius 1 is 1.14 bits per heavy atom. The molecule has 1 aliphatic rings. The zero-order valence-corrected chi connectivity index (χ0v) is 17.6. The number of hydrogen-bond acceptors (Lipinski definition) is 3. The molecule has 0 spiro atoms. The highest BCUT2D eigenvalue weighted by Crippen LogP contribution is 2.25. The van der Waals surface area contributed by atoms with Crippen LogP contribution >= 0.6 is 0 Å². The lowest BCUT2D eigenvalue weighted by molar-refractivity contribution is 0.0949. The van der Waals surface area contributed by atoms with E-state index in [4.69, 9.17) is 0 Å². The second-order valence-corrected chi connectivity index (χ2v) is 8.92. The van der Waals surface area contributed by atoms with Crippen LogP contribution in [0.4, 0.5) is 5.69 Å². The zero-order valence-electron chi connectivity index (χ0n) is 17.6. The van der Waals surface area contributed by atoms with Crippen LogP contribution in [0.2, 0.25) is 0 Å². The summed E-state index contributed by atoms with van der Waals surface area (Å²) in [7, 11) is 0. The predicted molar refractivity (Wildman–Crippen MR) is 111 cm³/mol. The van der Waals surface area contributed by atoms with Crippen molar-refractivity contribution in [3.63, 3.8) is 0 Å². The second kappa shape index (κ2) is 7.41. The minimum absolute atomic E-state index is 0.0999. The maximum atomic E-state index is 12.9. The summed E-state index contributed by atoms with van der Waals surface area (Å²) in [6.45, 7) is 12.3. The summed E-state index contributed by atoms with van der Waals surface area (Å²) in [6, 6.07) is 7.51. The van der Waals surface area contributed by atoms with Gasteiger partial charge in [-0.25, -0.2) is 0 Å². The van der Waals surface area contributed by atoms with Crippen LogP contribution in [0.5, 0.6) is 0 Å². The second-order valence-electron chi connectivity index (χ2n) is 8.92. The maximum absolute atomic E-state index is 12.9. The molecule has 1 aliphatic carbocycles. The molecule has 2 amide bonds. The van der Waals surface area contributed by atoms with E-state index < -0.39 is 0 Å². The number of hydrogen-bond donors (Lipinski definition) is 2. The van der Waals surface area contributed by atoms with E-state index in [0.29, 0.717) is 23.0 Å². The first-order valence-corrected chi connectivity index (χ1v) is 9.89. The Bertz CT molecular complexity index is 902. The minimum Gasteiger partial charge on any atom is -0.349 e. The van der Waals surface area contributed by atoms with E-state index in [1.165, 1.54) is 0 Å². The fraction of sp³-hybridized carbons (Fsp3) is 0.500. The Hall–Kier alpha value is -2.63. The number of nitrogens with zero attached hydrogens (tertiary/aromatic N) is 2. The van der Waals surface area contributed by atoms with Crippen molar-refractivity contribution in [3.8, 4) is 0 Å². The number of benzene rings is 1. The lowest BCUT2D eigenvalue weighted by atomic mass is 10.1. The minimum atomic E-state index is -0.271. The molecule has 6 nitrogen and oxygen atoms in total. The largest absolute Gasteiger partial charge is 0.349 e. The summed E-state index contributed by atoms with van der Waals surface area (Å²) in [6.07, 6.45) is 2.08. The average molecular weight is 383 g/mol. The van der Waals surface area contributed by atoms with Gasteiger partial charge in [0.25, 0.3) is 11.8 Å². The molecule has 1 fully saturated rings. The molecule has 2 aromatic rings. The number of nitrogens with one attached hydrogen (secondary N) is 2. The molecule has 28 heavy (non-hydrogen) atoms. The number of rotatable bonds is 5. The molecule has 0 bridgehead atoms. The summed E-state index contributed by atoms with van der Waals surface area (Å²) in [5.74, 6) is -0.116. The van der Waals surface area contributed by atoms with Gasteiger partial charge >= 0.3 is 0 Å². The smallest absolute Gasteiger partial charge is 0.276 e. The summed E-state index contributed by atoms with van der Waals surface area (Å²) < 4.78 is 1.92. The highest BCUT2D eigenvalue weighted by atomic mass is 16.2. The van der Waals surface area contributed by atoms with Gasteiger partial charge in [0, 0.05) is 23.0 Å². The quantitative estimate of drug-likeness (QED) is 0.813. The van der Waals surface area contributed by atoms with Crippen LogP contribution in [0.25, 0.3) is 0 Å². The number of amides is 2. The van der Waals surface area contributed by atoms with Crippen LogP contribution in [-0.4, -0.2) is 27.6 Å². The molecule has 0 saturated heterocycles. The molecule has 1 aromatic heterocycles. The zero-order chi connectivity index (χ0) is 20.6. The van der Waals surface area contributed by atoms with Gasteiger partial charge in [-0.05, 0) is 70.2 Å². The normalized spacial score (nSPS) is 14.2. The van der Waals surface area contributed by atoms with E-state index in [1.54, 1.807) is 12.1 Å². The van der Waals surface area contributed by atoms with Gasteiger partial charge in [-0.15, -0.1) is 0 Å². The highest BCUT2D eigenvalue weighted by molar-refractivity contribution is 6.04. The van der Waals surface area contributed by atoms with Gasteiger partial charge in [0.1, 0.15) is 0 Å². The standard InChI is InChI=1S/C22H30N4O2/c1-13(2)19-12-18(25-26(19)22(4,5)6)21(28)24-17-11-15(8-7-14(17)3)20(27)23-16-9-10-16/h7-8,11-13,16H,9-10H2,1-6H3,(H,23,27)(H,24,28). The third kappa shape index (κ3) is 4.43. The van der Waals surface area contributed by atoms with Crippen molar-refractivity contribution in [2.45, 2.75) is 71.9 Å². The molecule has 0 radical (unpaired) electrons. The van der Waals surface area contributed by atoms with Crippen molar-refractivity contribution in [2.24, 2.45) is 0 Å². The van der Waals surface area contributed by atoms with Crippen molar-refractivity contribution in [3.05, 3.63) is 46.8 Å². The Labute approximate surface area is 166 Å². The van der Waals surface area contributed by atoms with E-state index in [1.807, 2.05) is 23.7 Å². The van der Waals surface area contributed by atoms with Crippen LogP contribution in [0.1, 0.15) is 85.5 Å². The Kier molecular flexibility index (Phi) is 5.33. The molecule has 0 unspecified atom stereocenters. The van der Waals surface area contributed by atoms with Gasteiger partial charge < -0.3 is 10.6 Å². The van der Waals surface area contributed by atoms with Crippen molar-refractivity contribution >= 4 is 17.5 Å². The third-order valence-corrected chi connectivity index (χ3v) is 4.86. The summed E-state index contributed by atoms with van der Waals surface area (Å²) >= 11 is 0. The fourth-order valence-corrected chi connectivity index (χ4v) is 3.04. The van der Waals surface area contributed by atoms with Crippen molar-refractivity contribution in [1.82, 2.24) is 15.1 Å². The summed E-state index contributed by atoms with van der Waals surface area (Å²) in [4.78, 5) is 25.2. The van der Waals surface area contributed by atoms with Crippen molar-refractivity contribution in [1.29, 1.82) is 0 Å². The van der Waals surface area contributed by atoms with Gasteiger partial charge in [0.2, 0.25) is 0 Å². The van der Waals surface area contributed by atoms with Gasteiger partial charge in [-0.2, -0.15) is 5.10 Å². The van der Waals surface area contributed by atoms with Crippen molar-refractivity contribution in [2.75, 3.05) is 5.32 Å². The molecule has 1 saturated carbocycles. The molecule has 1 aromatic carbocycles. The predicted octanol–water partition coefficient (Wildman–Crippen LogP) is 4.21. The third-order valence-electron chi connectivity index (χ3n) is 4.86. The fourth-order valence-electron chi connectivity index (χ4n) is 3.04. The van der Waals surface area contributed by atoms with Crippen LogP contribution in [0, 0.1) is 6.92 Å². The van der Waals surface area contributed by atoms with E-state index in [-0.39, 0.29) is 23.3 Å². The van der Waals surface area contributed by atoms with Gasteiger partial charge in [0.15, 0.2) is 5.69 Å². The highest BCUT2D eigenvalue weighted by Gasteiger charge is 2.25. The molecule has 1 heterocycles. The molecule has 0 aliphatic heterocycles. The molecule has 3 rings (SSSR count). The first-order chi connectivity index (χ1) is 13.1. The summed E-state index contributed by atoms with van der Waals surface area (Å²) in [5, 5.41) is 10.5. The van der Waals surface area contributed by atoms with Gasteiger partial charge in [-0.1, -0.05) is 19.9 Å². The molecule has 150 valence electrons. The van der Waals surface area contributed by atoms with Crippen LogP contribution < -0.4 is 10.6 Å². The molecule has 0 atom stereocenters. The maximum Gasteiger partial charge on any atom is 0.276 e. The van der Waals surface area contributed by atoms with E-state index in [0.717, 1.165) is 24.1 Å². The van der Waals surface area contributed by atoms with E-state index >= 15 is 0 Å². The van der Waals surface area contributed by atoms with Gasteiger partial charge in [0.05, 0.1) is 5.54 Å². The Morgan fingerprint density at radius 3 is 2.36 bits per heavy atom. The average Bonchev–Trinajstić information content (AvgIpc) is 3.28. The molecular formula is C22H30N4O2. The number of carbonyl (C=O) groups is 2. The first kappa shape index (κ1) is 20.1. The lowest BCUT2D eigenvalue weighted by Gasteiger charge is -2.23. The number of aryl methyl sites for hydroxylation is 1. The van der Waals surface area contributed by atoms with Crippen LogP contribution in [0.15, 0.2) is 24.3 Å². The monoisotopic (exact) mass is 382 g/mol. The Morgan fingerprint density at radius 2 is 1.82 bits per heavy atom. The van der Waals surface area contributed by atoms with Crippen LogP contribution in [-0.2, 0) is 5.54 Å². The molecule has 2 N–H and O–H groups in total. The number of carbonyl (C=O) groups excluding carboxylic acids is 2. The number of aromatic nitrogens is 2.